The van der Waals surface area contributed by atoms with Gasteiger partial charge in [0, 0.05) is 0 Å². The van der Waals surface area contributed by atoms with Gasteiger partial charge in [0.25, 0.3) is 0 Å². The van der Waals surface area contributed by atoms with Crippen LogP contribution < -0.4 is 4.74 Å². The molecular weight excluding hydrogens is 266 g/mol. The summed E-state index contributed by atoms with van der Waals surface area (Å²) in [5, 5.41) is 8.20. The van der Waals surface area contributed by atoms with E-state index >= 15 is 0 Å². The van der Waals surface area contributed by atoms with Gasteiger partial charge in [-0.15, -0.1) is 5.10 Å². The van der Waals surface area contributed by atoms with E-state index in [0.29, 0.717) is 16.9 Å². The first kappa shape index (κ1) is 11.8. The molecule has 0 amide bonds. The highest BCUT2D eigenvalue weighted by atomic mass is 16.5. The van der Waals surface area contributed by atoms with E-state index in [1.807, 2.05) is 30.3 Å². The molecule has 1 unspecified atom stereocenters. The molecule has 0 radical (unpaired) electrons. The Morgan fingerprint density at radius 3 is 2.76 bits per heavy atom. The molecule has 0 aliphatic carbocycles. The molecule has 5 heteroatoms. The van der Waals surface area contributed by atoms with Crippen molar-refractivity contribution in [1.82, 2.24) is 15.0 Å². The molecule has 0 fully saturated rings. The monoisotopic (exact) mass is 277 g/mol. The highest BCUT2D eigenvalue weighted by Gasteiger charge is 2.32. The predicted octanol–water partition coefficient (Wildman–Crippen LogP) is 2.76. The van der Waals surface area contributed by atoms with Crippen LogP contribution in [-0.4, -0.2) is 20.8 Å². The van der Waals surface area contributed by atoms with Crippen molar-refractivity contribution in [1.29, 1.82) is 0 Å². The lowest BCUT2D eigenvalue weighted by Gasteiger charge is -2.26. The number of carbonyl (C=O) groups is 1. The Kier molecular flexibility index (Phi) is 2.41. The minimum Gasteiger partial charge on any atom is -0.463 e. The quantitative estimate of drug-likeness (QED) is 0.642. The Morgan fingerprint density at radius 1 is 1.10 bits per heavy atom. The average Bonchev–Trinajstić information content (AvgIpc) is 2.95. The van der Waals surface area contributed by atoms with Crippen molar-refractivity contribution in [3.8, 4) is 5.75 Å². The Bertz CT molecular complexity index is 882. The van der Waals surface area contributed by atoms with Crippen LogP contribution in [0.1, 0.15) is 16.6 Å². The molecule has 4 rings (SSSR count). The predicted molar refractivity (Wildman–Crippen MR) is 77.1 cm³/mol. The molecule has 21 heavy (non-hydrogen) atoms. The lowest BCUT2D eigenvalue weighted by atomic mass is 9.99. The van der Waals surface area contributed by atoms with Crippen LogP contribution in [0.5, 0.6) is 5.75 Å². The summed E-state index contributed by atoms with van der Waals surface area (Å²) in [6, 6.07) is 14.7. The van der Waals surface area contributed by atoms with Gasteiger partial charge in [-0.05, 0) is 24.3 Å². The van der Waals surface area contributed by atoms with E-state index in [9.17, 15) is 4.79 Å². The normalized spacial score (nSPS) is 17.6. The van der Waals surface area contributed by atoms with Gasteiger partial charge in [-0.1, -0.05) is 36.1 Å². The van der Waals surface area contributed by atoms with E-state index in [-0.39, 0.29) is 5.78 Å². The molecule has 102 valence electrons. The molecular formula is C16H11N3O2. The number of aromatic nitrogens is 3. The SMILES string of the molecule is C=C1C(=O)c2ccccc2OC1n1nnc2ccccc21. The fourth-order valence-electron chi connectivity index (χ4n) is 2.49. The van der Waals surface area contributed by atoms with Crippen molar-refractivity contribution < 1.29 is 9.53 Å². The van der Waals surface area contributed by atoms with Gasteiger partial charge in [-0.3, -0.25) is 4.79 Å². The van der Waals surface area contributed by atoms with Crippen molar-refractivity contribution in [2.75, 3.05) is 0 Å². The van der Waals surface area contributed by atoms with Crippen LogP contribution in [0.4, 0.5) is 0 Å². The molecule has 0 spiro atoms. The summed E-state index contributed by atoms with van der Waals surface area (Å²) in [5.74, 6) is 0.418. The molecule has 1 aromatic heterocycles. The standard InChI is InChI=1S/C16H11N3O2/c1-10-15(20)11-6-2-5-9-14(11)21-16(10)19-13-8-4-3-7-12(13)17-18-19/h2-9,16H,1H2. The van der Waals surface area contributed by atoms with E-state index in [0.717, 1.165) is 11.0 Å². The first-order valence-corrected chi connectivity index (χ1v) is 6.55. The second-order valence-corrected chi connectivity index (χ2v) is 4.84. The minimum atomic E-state index is -0.667. The Morgan fingerprint density at radius 2 is 1.86 bits per heavy atom. The highest BCUT2D eigenvalue weighted by Crippen LogP contribution is 2.35. The van der Waals surface area contributed by atoms with Crippen LogP contribution in [0.2, 0.25) is 0 Å². The third kappa shape index (κ3) is 1.67. The number of Topliss-reactive ketones (excluding diaryl/α,β-unsaturated/α-hetero) is 1. The number of fused-ring (bicyclic) bond motifs is 2. The van der Waals surface area contributed by atoms with Crippen LogP contribution in [-0.2, 0) is 0 Å². The maximum absolute atomic E-state index is 12.4. The third-order valence-electron chi connectivity index (χ3n) is 3.56. The molecule has 0 saturated heterocycles. The van der Waals surface area contributed by atoms with E-state index in [2.05, 4.69) is 16.9 Å². The number of nitrogens with zero attached hydrogens (tertiary/aromatic N) is 3. The summed E-state index contributed by atoms with van der Waals surface area (Å²) in [5.41, 5.74) is 2.43. The Hall–Kier alpha value is -2.95. The number of ether oxygens (including phenoxy) is 1. The van der Waals surface area contributed by atoms with E-state index in [1.165, 1.54) is 0 Å². The second-order valence-electron chi connectivity index (χ2n) is 4.84. The van der Waals surface area contributed by atoms with E-state index in [1.54, 1.807) is 22.9 Å². The number of ketones is 1. The van der Waals surface area contributed by atoms with Crippen molar-refractivity contribution in [3.63, 3.8) is 0 Å². The van der Waals surface area contributed by atoms with Gasteiger partial charge in [-0.2, -0.15) is 0 Å². The lowest BCUT2D eigenvalue weighted by Crippen LogP contribution is -2.28. The first-order valence-electron chi connectivity index (χ1n) is 6.55. The van der Waals surface area contributed by atoms with Gasteiger partial charge in [0.15, 0.2) is 5.78 Å². The van der Waals surface area contributed by atoms with Gasteiger partial charge in [-0.25, -0.2) is 4.68 Å². The van der Waals surface area contributed by atoms with Crippen LogP contribution in [0, 0.1) is 0 Å². The minimum absolute atomic E-state index is 0.124. The zero-order valence-corrected chi connectivity index (χ0v) is 11.1. The molecule has 0 N–H and O–H groups in total. The van der Waals surface area contributed by atoms with E-state index < -0.39 is 6.23 Å². The smallest absolute Gasteiger partial charge is 0.223 e. The summed E-state index contributed by atoms with van der Waals surface area (Å²) in [4.78, 5) is 12.4. The molecule has 0 saturated carbocycles. The molecule has 0 bridgehead atoms. The number of para-hydroxylation sites is 2. The van der Waals surface area contributed by atoms with Crippen molar-refractivity contribution >= 4 is 16.8 Å². The summed E-state index contributed by atoms with van der Waals surface area (Å²) in [7, 11) is 0. The molecule has 2 heterocycles. The first-order chi connectivity index (χ1) is 10.3. The largest absolute Gasteiger partial charge is 0.463 e. The zero-order chi connectivity index (χ0) is 14.4. The third-order valence-corrected chi connectivity index (χ3v) is 3.56. The summed E-state index contributed by atoms with van der Waals surface area (Å²) in [6.45, 7) is 3.88. The van der Waals surface area contributed by atoms with Gasteiger partial charge in [0.2, 0.25) is 6.23 Å². The van der Waals surface area contributed by atoms with Crippen molar-refractivity contribution in [2.24, 2.45) is 0 Å². The van der Waals surface area contributed by atoms with Gasteiger partial charge >= 0.3 is 0 Å². The fourth-order valence-corrected chi connectivity index (χ4v) is 2.49. The van der Waals surface area contributed by atoms with Crippen LogP contribution >= 0.6 is 0 Å². The summed E-state index contributed by atoms with van der Waals surface area (Å²) < 4.78 is 7.50. The second kappa shape index (κ2) is 4.28. The topological polar surface area (TPSA) is 57.0 Å². The fraction of sp³-hybridized carbons (Fsp3) is 0.0625. The summed E-state index contributed by atoms with van der Waals surface area (Å²) in [6.07, 6.45) is -0.667. The van der Waals surface area contributed by atoms with Crippen molar-refractivity contribution in [3.05, 3.63) is 66.2 Å². The average molecular weight is 277 g/mol. The Labute approximate surface area is 120 Å². The molecule has 1 aliphatic rings. The number of hydrogen-bond acceptors (Lipinski definition) is 4. The lowest BCUT2D eigenvalue weighted by molar-refractivity contribution is 0.0882. The van der Waals surface area contributed by atoms with Crippen LogP contribution in [0.3, 0.4) is 0 Å². The van der Waals surface area contributed by atoms with Gasteiger partial charge < -0.3 is 4.74 Å². The molecule has 1 aliphatic heterocycles. The van der Waals surface area contributed by atoms with Gasteiger partial charge in [0.05, 0.1) is 16.7 Å². The summed E-state index contributed by atoms with van der Waals surface area (Å²) >= 11 is 0. The maximum atomic E-state index is 12.4. The molecule has 1 atom stereocenters. The van der Waals surface area contributed by atoms with E-state index in [4.69, 9.17) is 4.74 Å². The number of carbonyl (C=O) groups excluding carboxylic acids is 1. The molecule has 5 nitrogen and oxygen atoms in total. The van der Waals surface area contributed by atoms with Gasteiger partial charge in [0.1, 0.15) is 11.3 Å². The number of benzene rings is 2. The molecule has 3 aromatic rings. The number of hydrogen-bond donors (Lipinski definition) is 0. The Balaban J connectivity index is 1.87. The highest BCUT2D eigenvalue weighted by molar-refractivity contribution is 6.11. The molecule has 2 aromatic carbocycles. The zero-order valence-electron chi connectivity index (χ0n) is 11.1. The maximum Gasteiger partial charge on any atom is 0.223 e. The van der Waals surface area contributed by atoms with Crippen molar-refractivity contribution in [2.45, 2.75) is 6.23 Å². The van der Waals surface area contributed by atoms with Crippen LogP contribution in [0.15, 0.2) is 60.7 Å². The van der Waals surface area contributed by atoms with Crippen LogP contribution in [0.25, 0.3) is 11.0 Å². The number of rotatable bonds is 1.